The van der Waals surface area contributed by atoms with E-state index < -0.39 is 0 Å². The summed E-state index contributed by atoms with van der Waals surface area (Å²) in [5.74, 6) is 0.580. The Morgan fingerprint density at radius 3 is 2.48 bits per heavy atom. The maximum absolute atomic E-state index is 12.4. The van der Waals surface area contributed by atoms with Crippen LogP contribution in [0.4, 0.5) is 0 Å². The van der Waals surface area contributed by atoms with Crippen LogP contribution in [0.2, 0.25) is 5.02 Å². The minimum Gasteiger partial charge on any atom is -0.366 e. The van der Waals surface area contributed by atoms with Crippen molar-refractivity contribution in [2.75, 3.05) is 0 Å². The Labute approximate surface area is 154 Å². The molecule has 3 aliphatic carbocycles. The Bertz CT molecular complexity index is 814. The predicted octanol–water partition coefficient (Wildman–Crippen LogP) is 5.49. The van der Waals surface area contributed by atoms with Gasteiger partial charge in [0.1, 0.15) is 0 Å². The van der Waals surface area contributed by atoms with E-state index in [4.69, 9.17) is 17.3 Å². The number of hydrogen-bond acceptors (Lipinski definition) is 1. The number of halogens is 1. The molecule has 0 aliphatic heterocycles. The molecule has 3 aliphatic rings. The van der Waals surface area contributed by atoms with Gasteiger partial charge in [-0.15, -0.1) is 0 Å². The molecule has 3 fully saturated rings. The number of primary amides is 1. The maximum Gasteiger partial charge on any atom is 0.251 e. The number of carbonyl (C=O) groups is 1. The molecule has 2 bridgehead atoms. The number of rotatable bonds is 4. The summed E-state index contributed by atoms with van der Waals surface area (Å²) in [7, 11) is 0. The van der Waals surface area contributed by atoms with Crippen LogP contribution in [0.25, 0.3) is 10.9 Å². The Kier molecular flexibility index (Phi) is 4.10. The highest BCUT2D eigenvalue weighted by molar-refractivity contribution is 6.37. The summed E-state index contributed by atoms with van der Waals surface area (Å²) in [5, 5.41) is 1.46. The molecule has 0 unspecified atom stereocenters. The van der Waals surface area contributed by atoms with Crippen LogP contribution in [-0.2, 0) is 6.42 Å². The number of nitrogens with two attached hydrogens (primary N) is 1. The normalized spacial score (nSPS) is 25.8. The van der Waals surface area contributed by atoms with Crippen molar-refractivity contribution in [2.24, 2.45) is 17.1 Å². The van der Waals surface area contributed by atoms with Crippen molar-refractivity contribution in [3.8, 4) is 0 Å². The standard InChI is InChI=1S/C21H27ClN2O/c1-13(2)24-16-5-3-4-15(22)18(16)19(20(23)25)17(24)12-21-9-6-14(7-10-21)8-11-21/h3-5,13-14H,6-12H2,1-2H3,(H2,23,25). The van der Waals surface area contributed by atoms with Crippen molar-refractivity contribution in [1.82, 2.24) is 4.57 Å². The summed E-state index contributed by atoms with van der Waals surface area (Å²) in [6.07, 6.45) is 8.81. The van der Waals surface area contributed by atoms with E-state index in [-0.39, 0.29) is 11.9 Å². The topological polar surface area (TPSA) is 48.0 Å². The predicted molar refractivity (Wildman–Crippen MR) is 103 cm³/mol. The molecule has 0 radical (unpaired) electrons. The largest absolute Gasteiger partial charge is 0.366 e. The van der Waals surface area contributed by atoms with Crippen LogP contribution >= 0.6 is 11.6 Å². The lowest BCUT2D eigenvalue weighted by atomic mass is 9.59. The smallest absolute Gasteiger partial charge is 0.251 e. The van der Waals surface area contributed by atoms with Gasteiger partial charge in [0.25, 0.3) is 5.91 Å². The number of benzene rings is 1. The van der Waals surface area contributed by atoms with Gasteiger partial charge >= 0.3 is 0 Å². The summed E-state index contributed by atoms with van der Waals surface area (Å²) in [5.41, 5.74) is 8.98. The summed E-state index contributed by atoms with van der Waals surface area (Å²) in [6.45, 7) is 4.34. The van der Waals surface area contributed by atoms with Crippen LogP contribution < -0.4 is 5.73 Å². The molecule has 4 heteroatoms. The molecule has 134 valence electrons. The van der Waals surface area contributed by atoms with Crippen molar-refractivity contribution in [3.63, 3.8) is 0 Å². The third-order valence-electron chi connectivity index (χ3n) is 6.63. The van der Waals surface area contributed by atoms with Gasteiger partial charge < -0.3 is 10.3 Å². The Morgan fingerprint density at radius 2 is 1.92 bits per heavy atom. The quantitative estimate of drug-likeness (QED) is 0.772. The first-order valence-electron chi connectivity index (χ1n) is 9.53. The van der Waals surface area contributed by atoms with E-state index in [0.29, 0.717) is 16.0 Å². The minimum atomic E-state index is -0.353. The summed E-state index contributed by atoms with van der Waals surface area (Å²) in [4.78, 5) is 12.4. The van der Waals surface area contributed by atoms with Crippen molar-refractivity contribution >= 4 is 28.4 Å². The highest BCUT2D eigenvalue weighted by Crippen LogP contribution is 2.53. The maximum atomic E-state index is 12.4. The van der Waals surface area contributed by atoms with E-state index in [1.807, 2.05) is 12.1 Å². The van der Waals surface area contributed by atoms with Gasteiger partial charge in [0.15, 0.2) is 0 Å². The molecule has 2 aromatic rings. The van der Waals surface area contributed by atoms with Crippen LogP contribution in [0.3, 0.4) is 0 Å². The molecule has 3 nitrogen and oxygen atoms in total. The number of fused-ring (bicyclic) bond motifs is 4. The first-order chi connectivity index (χ1) is 11.9. The molecule has 3 saturated carbocycles. The molecule has 1 amide bonds. The zero-order chi connectivity index (χ0) is 17.8. The van der Waals surface area contributed by atoms with E-state index in [2.05, 4.69) is 24.5 Å². The summed E-state index contributed by atoms with van der Waals surface area (Å²) < 4.78 is 2.30. The molecule has 25 heavy (non-hydrogen) atoms. The molecular weight excluding hydrogens is 332 g/mol. The molecule has 0 spiro atoms. The van der Waals surface area contributed by atoms with E-state index in [9.17, 15) is 4.79 Å². The van der Waals surface area contributed by atoms with Crippen LogP contribution in [0.1, 0.15) is 74.5 Å². The minimum absolute atomic E-state index is 0.264. The Balaban J connectivity index is 1.92. The second-order valence-electron chi connectivity index (χ2n) is 8.44. The lowest BCUT2D eigenvalue weighted by Gasteiger charge is -2.47. The molecule has 0 saturated heterocycles. The molecule has 0 atom stereocenters. The third-order valence-corrected chi connectivity index (χ3v) is 6.95. The molecule has 1 aromatic carbocycles. The van der Waals surface area contributed by atoms with E-state index in [1.54, 1.807) is 0 Å². The lowest BCUT2D eigenvalue weighted by Crippen LogP contribution is -2.36. The van der Waals surface area contributed by atoms with Gasteiger partial charge in [0.2, 0.25) is 0 Å². The van der Waals surface area contributed by atoms with Crippen LogP contribution in [-0.4, -0.2) is 10.5 Å². The average Bonchev–Trinajstić information content (AvgIpc) is 2.91. The first-order valence-corrected chi connectivity index (χ1v) is 9.91. The van der Waals surface area contributed by atoms with Gasteiger partial charge in [-0.1, -0.05) is 17.7 Å². The molecule has 5 rings (SSSR count). The number of amides is 1. The fourth-order valence-electron chi connectivity index (χ4n) is 5.36. The molecule has 2 N–H and O–H groups in total. The zero-order valence-corrected chi connectivity index (χ0v) is 15.9. The van der Waals surface area contributed by atoms with Gasteiger partial charge in [0, 0.05) is 17.1 Å². The summed E-state index contributed by atoms with van der Waals surface area (Å²) in [6, 6.07) is 6.14. The average molecular weight is 359 g/mol. The molecule has 1 heterocycles. The van der Waals surface area contributed by atoms with Crippen LogP contribution in [0.15, 0.2) is 18.2 Å². The van der Waals surface area contributed by atoms with Crippen molar-refractivity contribution in [1.29, 1.82) is 0 Å². The Morgan fingerprint density at radius 1 is 1.28 bits per heavy atom. The van der Waals surface area contributed by atoms with Crippen molar-refractivity contribution < 1.29 is 4.79 Å². The highest BCUT2D eigenvalue weighted by atomic mass is 35.5. The fraction of sp³-hybridized carbons (Fsp3) is 0.571. The first kappa shape index (κ1) is 17.0. The van der Waals surface area contributed by atoms with E-state index in [1.165, 1.54) is 38.5 Å². The lowest BCUT2D eigenvalue weighted by molar-refractivity contribution is 0.0632. The SMILES string of the molecule is CC(C)n1c(CC23CCC(CC2)CC3)c(C(N)=O)c2c(Cl)cccc21. The van der Waals surface area contributed by atoms with E-state index in [0.717, 1.165) is 28.9 Å². The van der Waals surface area contributed by atoms with Crippen LogP contribution in [0.5, 0.6) is 0 Å². The second kappa shape index (κ2) is 6.05. The van der Waals surface area contributed by atoms with Gasteiger partial charge in [-0.2, -0.15) is 0 Å². The van der Waals surface area contributed by atoms with Gasteiger partial charge in [-0.25, -0.2) is 0 Å². The van der Waals surface area contributed by atoms with Crippen LogP contribution in [0, 0.1) is 11.3 Å². The Hall–Kier alpha value is -1.48. The van der Waals surface area contributed by atoms with E-state index >= 15 is 0 Å². The monoisotopic (exact) mass is 358 g/mol. The third kappa shape index (κ3) is 2.68. The number of nitrogens with zero attached hydrogens (tertiary/aromatic N) is 1. The van der Waals surface area contributed by atoms with Crippen molar-refractivity contribution in [2.45, 2.75) is 64.8 Å². The number of hydrogen-bond donors (Lipinski definition) is 1. The molecular formula is C21H27ClN2O. The van der Waals surface area contributed by atoms with Gasteiger partial charge in [0.05, 0.1) is 16.1 Å². The number of carbonyl (C=O) groups excluding carboxylic acids is 1. The summed E-state index contributed by atoms with van der Waals surface area (Å²) >= 11 is 6.49. The van der Waals surface area contributed by atoms with Crippen molar-refractivity contribution in [3.05, 3.63) is 34.5 Å². The fourth-order valence-corrected chi connectivity index (χ4v) is 5.62. The highest BCUT2D eigenvalue weighted by Gasteiger charge is 2.42. The van der Waals surface area contributed by atoms with Gasteiger partial charge in [-0.3, -0.25) is 4.79 Å². The second-order valence-corrected chi connectivity index (χ2v) is 8.85. The van der Waals surface area contributed by atoms with Gasteiger partial charge in [-0.05, 0) is 82.3 Å². The zero-order valence-electron chi connectivity index (χ0n) is 15.1. The number of aromatic nitrogens is 1. The molecule has 1 aromatic heterocycles.